The molecular formula is C13H22N2OS. The molecule has 1 N–H and O–H groups in total. The van der Waals surface area contributed by atoms with E-state index >= 15 is 0 Å². The summed E-state index contributed by atoms with van der Waals surface area (Å²) in [6.45, 7) is 4.10. The van der Waals surface area contributed by atoms with Gasteiger partial charge in [-0.25, -0.2) is 0 Å². The lowest BCUT2D eigenvalue weighted by atomic mass is 10.1. The Kier molecular flexibility index (Phi) is 5.65. The van der Waals surface area contributed by atoms with Gasteiger partial charge in [0.2, 0.25) is 5.91 Å². The van der Waals surface area contributed by atoms with Gasteiger partial charge >= 0.3 is 0 Å². The zero-order valence-corrected chi connectivity index (χ0v) is 11.9. The fraction of sp³-hybridized carbons (Fsp3) is 0.615. The van der Waals surface area contributed by atoms with Gasteiger partial charge in [-0.2, -0.15) is 0 Å². The van der Waals surface area contributed by atoms with Crippen molar-refractivity contribution < 1.29 is 4.79 Å². The van der Waals surface area contributed by atoms with Crippen LogP contribution in [0.15, 0.2) is 17.5 Å². The maximum absolute atomic E-state index is 11.8. The zero-order chi connectivity index (χ0) is 12.8. The highest BCUT2D eigenvalue weighted by Gasteiger charge is 2.20. The molecule has 0 saturated heterocycles. The third-order valence-electron chi connectivity index (χ3n) is 2.73. The summed E-state index contributed by atoms with van der Waals surface area (Å²) in [7, 11) is 3.58. The Hall–Kier alpha value is -0.870. The van der Waals surface area contributed by atoms with Gasteiger partial charge in [0, 0.05) is 25.0 Å². The molecule has 1 heterocycles. The Balaban J connectivity index is 2.64. The molecule has 0 fully saturated rings. The fourth-order valence-electron chi connectivity index (χ4n) is 1.85. The fourth-order valence-corrected chi connectivity index (χ4v) is 2.67. The minimum atomic E-state index is -0.136. The van der Waals surface area contributed by atoms with Crippen LogP contribution in [0.5, 0.6) is 0 Å². The lowest BCUT2D eigenvalue weighted by Crippen LogP contribution is -2.42. The van der Waals surface area contributed by atoms with E-state index in [4.69, 9.17) is 0 Å². The largest absolute Gasteiger partial charge is 0.347 e. The Labute approximate surface area is 108 Å². The van der Waals surface area contributed by atoms with E-state index in [0.29, 0.717) is 6.04 Å². The van der Waals surface area contributed by atoms with Crippen LogP contribution in [0.1, 0.15) is 37.6 Å². The Morgan fingerprint density at radius 2 is 2.24 bits per heavy atom. The van der Waals surface area contributed by atoms with Crippen molar-refractivity contribution in [3.05, 3.63) is 22.4 Å². The topological polar surface area (TPSA) is 32.3 Å². The number of nitrogens with one attached hydrogen (secondary N) is 1. The smallest absolute Gasteiger partial charge is 0.238 e. The molecule has 0 aliphatic heterocycles. The lowest BCUT2D eigenvalue weighted by Gasteiger charge is -2.23. The Morgan fingerprint density at radius 1 is 1.53 bits per heavy atom. The van der Waals surface area contributed by atoms with Crippen molar-refractivity contribution in [2.45, 2.75) is 38.8 Å². The zero-order valence-electron chi connectivity index (χ0n) is 11.1. The van der Waals surface area contributed by atoms with Crippen molar-refractivity contribution in [3.8, 4) is 0 Å². The summed E-state index contributed by atoms with van der Waals surface area (Å²) in [5.74, 6) is 0.127. The summed E-state index contributed by atoms with van der Waals surface area (Å²) >= 11 is 1.75. The first-order valence-corrected chi connectivity index (χ1v) is 6.94. The predicted octanol–water partition coefficient (Wildman–Crippen LogP) is 2.66. The molecule has 0 aliphatic rings. The standard InChI is InChI=1S/C13H22N2OS/c1-5-7-11(12-8-6-9-17-12)14-10(2)13(16)15(3)4/h6,8-11,14H,5,7H2,1-4H3. The van der Waals surface area contributed by atoms with Crippen LogP contribution < -0.4 is 5.32 Å². The number of likely N-dealkylation sites (N-methyl/N-ethyl adjacent to an activating group) is 1. The van der Waals surface area contributed by atoms with Gasteiger partial charge in [-0.1, -0.05) is 19.4 Å². The van der Waals surface area contributed by atoms with Crippen molar-refractivity contribution >= 4 is 17.2 Å². The molecule has 17 heavy (non-hydrogen) atoms. The number of nitrogens with zero attached hydrogens (tertiary/aromatic N) is 1. The van der Waals surface area contributed by atoms with Gasteiger partial charge in [-0.3, -0.25) is 10.1 Å². The quantitative estimate of drug-likeness (QED) is 0.846. The van der Waals surface area contributed by atoms with Crippen molar-refractivity contribution in [2.24, 2.45) is 0 Å². The van der Waals surface area contributed by atoms with Gasteiger partial charge in [0.05, 0.1) is 6.04 Å². The molecule has 1 amide bonds. The first kappa shape index (κ1) is 14.2. The van der Waals surface area contributed by atoms with Crippen LogP contribution in [0.4, 0.5) is 0 Å². The maximum Gasteiger partial charge on any atom is 0.238 e. The average molecular weight is 254 g/mol. The molecule has 0 radical (unpaired) electrons. The summed E-state index contributed by atoms with van der Waals surface area (Å²) in [5.41, 5.74) is 0. The minimum Gasteiger partial charge on any atom is -0.347 e. The van der Waals surface area contributed by atoms with Crippen LogP contribution in [0.25, 0.3) is 0 Å². The summed E-state index contributed by atoms with van der Waals surface area (Å²) < 4.78 is 0. The second-order valence-electron chi connectivity index (χ2n) is 4.48. The van der Waals surface area contributed by atoms with Crippen LogP contribution in [-0.2, 0) is 4.79 Å². The van der Waals surface area contributed by atoms with Gasteiger partial charge < -0.3 is 4.90 Å². The van der Waals surface area contributed by atoms with E-state index in [1.54, 1.807) is 30.3 Å². The molecule has 4 heteroatoms. The average Bonchev–Trinajstić information content (AvgIpc) is 2.80. The van der Waals surface area contributed by atoms with E-state index < -0.39 is 0 Å². The molecule has 1 aromatic rings. The first-order chi connectivity index (χ1) is 8.06. The summed E-state index contributed by atoms with van der Waals surface area (Å²) in [5, 5.41) is 5.50. The van der Waals surface area contributed by atoms with Gasteiger partial charge in [0.25, 0.3) is 0 Å². The number of hydrogen-bond donors (Lipinski definition) is 1. The second kappa shape index (κ2) is 6.77. The summed E-state index contributed by atoms with van der Waals surface area (Å²) in [6, 6.07) is 4.34. The monoisotopic (exact) mass is 254 g/mol. The lowest BCUT2D eigenvalue weighted by molar-refractivity contribution is -0.130. The molecule has 1 aromatic heterocycles. The van der Waals surface area contributed by atoms with Crippen LogP contribution >= 0.6 is 11.3 Å². The molecule has 1 rings (SSSR count). The van der Waals surface area contributed by atoms with E-state index in [1.807, 2.05) is 6.92 Å². The van der Waals surface area contributed by atoms with Gasteiger partial charge in [0.15, 0.2) is 0 Å². The minimum absolute atomic E-state index is 0.127. The van der Waals surface area contributed by atoms with E-state index in [-0.39, 0.29) is 11.9 Å². The molecule has 96 valence electrons. The molecule has 2 atom stereocenters. The summed E-state index contributed by atoms with van der Waals surface area (Å²) in [4.78, 5) is 14.8. The second-order valence-corrected chi connectivity index (χ2v) is 5.46. The number of hydrogen-bond acceptors (Lipinski definition) is 3. The van der Waals surface area contributed by atoms with Crippen molar-refractivity contribution in [2.75, 3.05) is 14.1 Å². The van der Waals surface area contributed by atoms with E-state index in [2.05, 4.69) is 29.8 Å². The molecule has 0 saturated carbocycles. The highest BCUT2D eigenvalue weighted by Crippen LogP contribution is 2.23. The predicted molar refractivity (Wildman–Crippen MR) is 73.3 cm³/mol. The van der Waals surface area contributed by atoms with Gasteiger partial charge in [0.1, 0.15) is 0 Å². The molecule has 0 aromatic carbocycles. The van der Waals surface area contributed by atoms with Gasteiger partial charge in [-0.15, -0.1) is 11.3 Å². The third-order valence-corrected chi connectivity index (χ3v) is 3.71. The van der Waals surface area contributed by atoms with E-state index in [9.17, 15) is 4.79 Å². The van der Waals surface area contributed by atoms with Crippen LogP contribution in [0.2, 0.25) is 0 Å². The normalized spacial score (nSPS) is 14.4. The first-order valence-electron chi connectivity index (χ1n) is 6.06. The number of carbonyl (C=O) groups is 1. The van der Waals surface area contributed by atoms with Gasteiger partial charge in [-0.05, 0) is 24.8 Å². The van der Waals surface area contributed by atoms with Crippen LogP contribution in [0.3, 0.4) is 0 Å². The van der Waals surface area contributed by atoms with Crippen molar-refractivity contribution in [1.29, 1.82) is 0 Å². The maximum atomic E-state index is 11.8. The number of thiophene rings is 1. The van der Waals surface area contributed by atoms with E-state index in [1.165, 1.54) is 4.88 Å². The summed E-state index contributed by atoms with van der Waals surface area (Å²) in [6.07, 6.45) is 2.17. The highest BCUT2D eigenvalue weighted by atomic mass is 32.1. The molecule has 3 nitrogen and oxygen atoms in total. The van der Waals surface area contributed by atoms with Crippen molar-refractivity contribution in [3.63, 3.8) is 0 Å². The molecule has 2 unspecified atom stereocenters. The molecular weight excluding hydrogens is 232 g/mol. The molecule has 0 spiro atoms. The van der Waals surface area contributed by atoms with Crippen LogP contribution in [-0.4, -0.2) is 30.9 Å². The molecule has 0 bridgehead atoms. The van der Waals surface area contributed by atoms with Crippen molar-refractivity contribution in [1.82, 2.24) is 10.2 Å². The number of carbonyl (C=O) groups excluding carboxylic acids is 1. The number of amides is 1. The van der Waals surface area contributed by atoms with E-state index in [0.717, 1.165) is 12.8 Å². The number of rotatable bonds is 6. The highest BCUT2D eigenvalue weighted by molar-refractivity contribution is 7.10. The third kappa shape index (κ3) is 4.13. The molecule has 0 aliphatic carbocycles. The Morgan fingerprint density at radius 3 is 2.71 bits per heavy atom. The SMILES string of the molecule is CCCC(NC(C)C(=O)N(C)C)c1cccs1. The Bertz CT molecular complexity index is 335. The van der Waals surface area contributed by atoms with Crippen LogP contribution in [0, 0.1) is 0 Å².